The quantitative estimate of drug-likeness (QED) is 0.710. The summed E-state index contributed by atoms with van der Waals surface area (Å²) in [5.74, 6) is -0.0915. The topological polar surface area (TPSA) is 46.9 Å². The van der Waals surface area contributed by atoms with Crippen molar-refractivity contribution < 1.29 is 4.79 Å². The van der Waals surface area contributed by atoms with E-state index in [1.165, 1.54) is 0 Å². The molecular formula is C19H17Cl2N3O. The van der Waals surface area contributed by atoms with Crippen LogP contribution in [0.3, 0.4) is 0 Å². The summed E-state index contributed by atoms with van der Waals surface area (Å²) < 4.78 is 1.75. The smallest absolute Gasteiger partial charge is 0.225 e. The van der Waals surface area contributed by atoms with Gasteiger partial charge in [0.25, 0.3) is 0 Å². The second-order valence-corrected chi connectivity index (χ2v) is 6.60. The Morgan fingerprint density at radius 3 is 2.68 bits per heavy atom. The van der Waals surface area contributed by atoms with Gasteiger partial charge >= 0.3 is 0 Å². The molecule has 0 aliphatic carbocycles. The number of rotatable bonds is 5. The predicted octanol–water partition coefficient (Wildman–Crippen LogP) is 4.60. The molecule has 1 N–H and O–H groups in total. The van der Waals surface area contributed by atoms with Gasteiger partial charge in [-0.3, -0.25) is 4.79 Å². The van der Waals surface area contributed by atoms with Gasteiger partial charge in [0.1, 0.15) is 0 Å². The third-order valence-electron chi connectivity index (χ3n) is 3.83. The highest BCUT2D eigenvalue weighted by atomic mass is 35.5. The van der Waals surface area contributed by atoms with Crippen molar-refractivity contribution in [1.82, 2.24) is 15.1 Å². The number of nitrogens with one attached hydrogen (secondary N) is 1. The molecule has 0 aliphatic rings. The molecule has 1 unspecified atom stereocenters. The van der Waals surface area contributed by atoms with Gasteiger partial charge in [0, 0.05) is 16.2 Å². The van der Waals surface area contributed by atoms with Crippen molar-refractivity contribution in [3.05, 3.63) is 82.1 Å². The molecule has 0 spiro atoms. The standard InChI is InChI=1S/C19H17Cl2N3O/c1-13(17-8-7-15(20)10-18(17)21)23-19(25)9-14-11-22-24(12-14)16-5-3-2-4-6-16/h2-8,10-13H,9H2,1H3,(H,23,25). The van der Waals surface area contributed by atoms with Crippen molar-refractivity contribution >= 4 is 29.1 Å². The minimum atomic E-state index is -0.207. The summed E-state index contributed by atoms with van der Waals surface area (Å²) in [7, 11) is 0. The van der Waals surface area contributed by atoms with Crippen LogP contribution >= 0.6 is 23.2 Å². The predicted molar refractivity (Wildman–Crippen MR) is 100 cm³/mol. The van der Waals surface area contributed by atoms with Crippen molar-refractivity contribution in [2.75, 3.05) is 0 Å². The fourth-order valence-corrected chi connectivity index (χ4v) is 3.15. The van der Waals surface area contributed by atoms with Crippen LogP contribution in [0.2, 0.25) is 10.0 Å². The average molecular weight is 374 g/mol. The Kier molecular flexibility index (Phi) is 5.41. The fraction of sp³-hybridized carbons (Fsp3) is 0.158. The summed E-state index contributed by atoms with van der Waals surface area (Å²) in [6, 6.07) is 14.8. The Hall–Kier alpha value is -2.30. The highest BCUT2D eigenvalue weighted by molar-refractivity contribution is 6.35. The first-order valence-corrected chi connectivity index (χ1v) is 8.62. The first kappa shape index (κ1) is 17.5. The SMILES string of the molecule is CC(NC(=O)Cc1cnn(-c2ccccc2)c1)c1ccc(Cl)cc1Cl. The van der Waals surface area contributed by atoms with Crippen LogP contribution in [0, 0.1) is 0 Å². The minimum absolute atomic E-state index is 0.0915. The number of hydrogen-bond donors (Lipinski definition) is 1. The zero-order valence-corrected chi connectivity index (χ0v) is 15.1. The molecule has 2 aromatic carbocycles. The van der Waals surface area contributed by atoms with Gasteiger partial charge in [-0.25, -0.2) is 4.68 Å². The Labute approximate surface area is 156 Å². The van der Waals surface area contributed by atoms with Gasteiger partial charge in [-0.05, 0) is 42.3 Å². The molecule has 0 saturated heterocycles. The highest BCUT2D eigenvalue weighted by Gasteiger charge is 2.14. The number of amides is 1. The van der Waals surface area contributed by atoms with Crippen LogP contribution < -0.4 is 5.32 Å². The van der Waals surface area contributed by atoms with E-state index in [2.05, 4.69) is 10.4 Å². The van der Waals surface area contributed by atoms with E-state index in [4.69, 9.17) is 23.2 Å². The van der Waals surface area contributed by atoms with Crippen LogP contribution in [0.15, 0.2) is 60.9 Å². The number of nitrogens with zero attached hydrogens (tertiary/aromatic N) is 2. The van der Waals surface area contributed by atoms with Gasteiger partial charge in [0.05, 0.1) is 24.3 Å². The number of carbonyl (C=O) groups is 1. The lowest BCUT2D eigenvalue weighted by molar-refractivity contribution is -0.121. The molecule has 1 amide bonds. The van der Waals surface area contributed by atoms with Crippen LogP contribution in [-0.2, 0) is 11.2 Å². The van der Waals surface area contributed by atoms with Crippen molar-refractivity contribution in [3.8, 4) is 5.69 Å². The Bertz CT molecular complexity index is 877. The molecule has 0 bridgehead atoms. The second-order valence-electron chi connectivity index (χ2n) is 5.76. The lowest BCUT2D eigenvalue weighted by Gasteiger charge is -2.15. The number of aromatic nitrogens is 2. The van der Waals surface area contributed by atoms with Crippen molar-refractivity contribution in [2.24, 2.45) is 0 Å². The molecule has 1 heterocycles. The van der Waals surface area contributed by atoms with Crippen LogP contribution in [0.25, 0.3) is 5.69 Å². The molecule has 1 aromatic heterocycles. The number of hydrogen-bond acceptors (Lipinski definition) is 2. The zero-order chi connectivity index (χ0) is 17.8. The zero-order valence-electron chi connectivity index (χ0n) is 13.6. The van der Waals surface area contributed by atoms with E-state index in [-0.39, 0.29) is 18.4 Å². The average Bonchev–Trinajstić information content (AvgIpc) is 3.03. The first-order chi connectivity index (χ1) is 12.0. The number of carbonyl (C=O) groups excluding carboxylic acids is 1. The van der Waals surface area contributed by atoms with E-state index in [1.807, 2.05) is 49.5 Å². The minimum Gasteiger partial charge on any atom is -0.349 e. The van der Waals surface area contributed by atoms with Crippen LogP contribution in [0.1, 0.15) is 24.1 Å². The Balaban J connectivity index is 1.64. The molecule has 0 fully saturated rings. The molecule has 4 nitrogen and oxygen atoms in total. The fourth-order valence-electron chi connectivity index (χ4n) is 2.58. The maximum Gasteiger partial charge on any atom is 0.225 e. The second kappa shape index (κ2) is 7.72. The van der Waals surface area contributed by atoms with Gasteiger partial charge in [0.15, 0.2) is 0 Å². The van der Waals surface area contributed by atoms with E-state index >= 15 is 0 Å². The highest BCUT2D eigenvalue weighted by Crippen LogP contribution is 2.26. The van der Waals surface area contributed by atoms with Crippen molar-refractivity contribution in [1.29, 1.82) is 0 Å². The van der Waals surface area contributed by atoms with Crippen LogP contribution in [-0.4, -0.2) is 15.7 Å². The van der Waals surface area contributed by atoms with Gasteiger partial charge in [-0.15, -0.1) is 0 Å². The lowest BCUT2D eigenvalue weighted by atomic mass is 10.1. The van der Waals surface area contributed by atoms with Gasteiger partial charge in [0.2, 0.25) is 5.91 Å². The van der Waals surface area contributed by atoms with Gasteiger partial charge in [-0.2, -0.15) is 5.10 Å². The van der Waals surface area contributed by atoms with Crippen molar-refractivity contribution in [3.63, 3.8) is 0 Å². The van der Waals surface area contributed by atoms with E-state index in [1.54, 1.807) is 23.0 Å². The molecule has 6 heteroatoms. The molecule has 128 valence electrons. The largest absolute Gasteiger partial charge is 0.349 e. The molecule has 0 radical (unpaired) electrons. The summed E-state index contributed by atoms with van der Waals surface area (Å²) in [5.41, 5.74) is 2.63. The van der Waals surface area contributed by atoms with Crippen molar-refractivity contribution in [2.45, 2.75) is 19.4 Å². The van der Waals surface area contributed by atoms with Gasteiger partial charge < -0.3 is 5.32 Å². The first-order valence-electron chi connectivity index (χ1n) is 7.86. The molecule has 0 saturated carbocycles. The number of para-hydroxylation sites is 1. The van der Waals surface area contributed by atoms with Crippen LogP contribution in [0.5, 0.6) is 0 Å². The maximum absolute atomic E-state index is 12.3. The summed E-state index contributed by atoms with van der Waals surface area (Å²) in [5, 5.41) is 8.36. The third-order valence-corrected chi connectivity index (χ3v) is 4.39. The van der Waals surface area contributed by atoms with E-state index in [0.29, 0.717) is 10.0 Å². The molecular weight excluding hydrogens is 357 g/mol. The molecule has 25 heavy (non-hydrogen) atoms. The van der Waals surface area contributed by atoms with E-state index < -0.39 is 0 Å². The normalized spacial score (nSPS) is 12.0. The van der Waals surface area contributed by atoms with E-state index in [9.17, 15) is 4.79 Å². The Morgan fingerprint density at radius 1 is 1.20 bits per heavy atom. The Morgan fingerprint density at radius 2 is 1.96 bits per heavy atom. The molecule has 3 rings (SSSR count). The molecule has 3 aromatic rings. The number of benzene rings is 2. The summed E-state index contributed by atoms with van der Waals surface area (Å²) in [6.45, 7) is 1.89. The number of halogens is 2. The van der Waals surface area contributed by atoms with Crippen LogP contribution in [0.4, 0.5) is 0 Å². The molecule has 1 atom stereocenters. The van der Waals surface area contributed by atoms with Gasteiger partial charge in [-0.1, -0.05) is 47.5 Å². The summed E-state index contributed by atoms with van der Waals surface area (Å²) in [6.07, 6.45) is 3.81. The monoisotopic (exact) mass is 373 g/mol. The maximum atomic E-state index is 12.3. The van der Waals surface area contributed by atoms with E-state index in [0.717, 1.165) is 16.8 Å². The molecule has 0 aliphatic heterocycles. The third kappa shape index (κ3) is 4.41. The summed E-state index contributed by atoms with van der Waals surface area (Å²) >= 11 is 12.1. The summed E-state index contributed by atoms with van der Waals surface area (Å²) in [4.78, 5) is 12.3. The lowest BCUT2D eigenvalue weighted by Crippen LogP contribution is -2.28.